The van der Waals surface area contributed by atoms with E-state index in [1.807, 2.05) is 13.8 Å². The van der Waals surface area contributed by atoms with Gasteiger partial charge in [-0.15, -0.1) is 0 Å². The molecule has 2 aromatic rings. The van der Waals surface area contributed by atoms with Gasteiger partial charge in [0.1, 0.15) is 24.1 Å². The number of fused-ring (bicyclic) bond motifs is 1. The van der Waals surface area contributed by atoms with E-state index in [0.29, 0.717) is 11.4 Å². The Kier molecular flexibility index (Phi) is 5.97. The zero-order valence-corrected chi connectivity index (χ0v) is 18.4. The van der Waals surface area contributed by atoms with Gasteiger partial charge in [0.05, 0.1) is 18.2 Å². The fourth-order valence-corrected chi connectivity index (χ4v) is 3.97. The summed E-state index contributed by atoms with van der Waals surface area (Å²) in [5, 5.41) is 2.84. The first kappa shape index (κ1) is 22.3. The Bertz CT molecular complexity index is 1090. The second kappa shape index (κ2) is 8.57. The highest BCUT2D eigenvalue weighted by molar-refractivity contribution is 5.93. The first-order chi connectivity index (χ1) is 15.1. The molecular formula is C21H27N5O6. The molecule has 4 heterocycles. The van der Waals surface area contributed by atoms with Crippen molar-refractivity contribution in [1.29, 1.82) is 0 Å². The molecule has 2 aromatic heterocycles. The molecule has 4 atom stereocenters. The second-order valence-corrected chi connectivity index (χ2v) is 8.72. The molecule has 11 nitrogen and oxygen atoms in total. The van der Waals surface area contributed by atoms with E-state index in [1.165, 1.54) is 29.2 Å². The summed E-state index contributed by atoms with van der Waals surface area (Å²) in [5.41, 5.74) is -0.674. The Hall–Kier alpha value is -2.89. The molecular weight excluding hydrogens is 418 g/mol. The summed E-state index contributed by atoms with van der Waals surface area (Å²) in [6.07, 6.45) is 2.90. The highest BCUT2D eigenvalue weighted by Crippen LogP contribution is 2.39. The van der Waals surface area contributed by atoms with Crippen molar-refractivity contribution in [3.05, 3.63) is 56.9 Å². The van der Waals surface area contributed by atoms with E-state index in [0.717, 1.165) is 0 Å². The van der Waals surface area contributed by atoms with Crippen LogP contribution in [0.15, 0.2) is 34.2 Å². The van der Waals surface area contributed by atoms with Crippen molar-refractivity contribution in [1.82, 2.24) is 24.8 Å². The zero-order chi connectivity index (χ0) is 23.0. The zero-order valence-electron chi connectivity index (χ0n) is 18.4. The van der Waals surface area contributed by atoms with Crippen LogP contribution < -0.4 is 16.6 Å². The third kappa shape index (κ3) is 4.50. The topological polar surface area (TPSA) is 137 Å². The first-order valence-electron chi connectivity index (χ1n) is 10.5. The van der Waals surface area contributed by atoms with Gasteiger partial charge in [-0.3, -0.25) is 19.1 Å². The summed E-state index contributed by atoms with van der Waals surface area (Å²) in [5.74, 6) is -0.374. The van der Waals surface area contributed by atoms with Gasteiger partial charge < -0.3 is 19.5 Å². The number of rotatable bonds is 5. The molecule has 0 unspecified atom stereocenters. The molecule has 0 saturated carbocycles. The number of aromatic nitrogens is 4. The molecule has 2 aliphatic heterocycles. The molecule has 172 valence electrons. The van der Waals surface area contributed by atoms with E-state index >= 15 is 0 Å². The lowest BCUT2D eigenvalue weighted by atomic mass is 9.97. The molecule has 0 bridgehead atoms. The number of aromatic amines is 1. The van der Waals surface area contributed by atoms with E-state index in [4.69, 9.17) is 14.2 Å². The Morgan fingerprint density at radius 3 is 2.59 bits per heavy atom. The van der Waals surface area contributed by atoms with Crippen molar-refractivity contribution >= 4 is 5.91 Å². The number of ether oxygens (including phenoxy) is 3. The number of amides is 1. The minimum Gasteiger partial charge on any atom is -0.371 e. The van der Waals surface area contributed by atoms with Gasteiger partial charge in [0, 0.05) is 37.1 Å². The van der Waals surface area contributed by atoms with Crippen LogP contribution in [0.3, 0.4) is 0 Å². The van der Waals surface area contributed by atoms with Crippen LogP contribution in [-0.4, -0.2) is 62.7 Å². The number of H-pyrrole nitrogens is 1. The van der Waals surface area contributed by atoms with Crippen LogP contribution in [-0.2, 0) is 14.2 Å². The maximum atomic E-state index is 12.6. The Morgan fingerprint density at radius 1 is 1.25 bits per heavy atom. The van der Waals surface area contributed by atoms with Crippen molar-refractivity contribution in [3.8, 4) is 0 Å². The summed E-state index contributed by atoms with van der Waals surface area (Å²) in [4.78, 5) is 47.0. The molecule has 0 radical (unpaired) electrons. The third-order valence-corrected chi connectivity index (χ3v) is 5.51. The molecule has 2 N–H and O–H groups in total. The molecule has 2 aliphatic rings. The van der Waals surface area contributed by atoms with Gasteiger partial charge in [0.2, 0.25) is 0 Å². The highest BCUT2D eigenvalue weighted by atomic mass is 16.8. The summed E-state index contributed by atoms with van der Waals surface area (Å²) in [6.45, 7) is 7.84. The van der Waals surface area contributed by atoms with E-state index in [2.05, 4.69) is 20.3 Å². The summed E-state index contributed by atoms with van der Waals surface area (Å²) in [7, 11) is 0. The molecule has 2 saturated heterocycles. The van der Waals surface area contributed by atoms with Crippen LogP contribution in [0.1, 0.15) is 55.8 Å². The van der Waals surface area contributed by atoms with Crippen molar-refractivity contribution in [3.63, 3.8) is 0 Å². The van der Waals surface area contributed by atoms with Gasteiger partial charge in [-0.05, 0) is 13.8 Å². The lowest BCUT2D eigenvalue weighted by Gasteiger charge is -2.37. The molecule has 0 aliphatic carbocycles. The van der Waals surface area contributed by atoms with E-state index in [1.54, 1.807) is 13.8 Å². The number of nitrogens with zero attached hydrogens (tertiary/aromatic N) is 3. The third-order valence-electron chi connectivity index (χ3n) is 5.51. The minimum absolute atomic E-state index is 0.152. The number of carbonyl (C=O) groups excluding carboxylic acids is 1. The van der Waals surface area contributed by atoms with Crippen molar-refractivity contribution < 1.29 is 19.0 Å². The molecule has 2 fully saturated rings. The van der Waals surface area contributed by atoms with Gasteiger partial charge in [0.15, 0.2) is 5.79 Å². The average Bonchev–Trinajstić information content (AvgIpc) is 3.07. The average molecular weight is 445 g/mol. The highest BCUT2D eigenvalue weighted by Gasteiger charge is 2.52. The smallest absolute Gasteiger partial charge is 0.328 e. The van der Waals surface area contributed by atoms with Crippen molar-refractivity contribution in [2.75, 3.05) is 13.2 Å². The predicted octanol–water partition coefficient (Wildman–Crippen LogP) is 0.340. The summed E-state index contributed by atoms with van der Waals surface area (Å²) >= 11 is 0. The maximum Gasteiger partial charge on any atom is 0.328 e. The van der Waals surface area contributed by atoms with Crippen molar-refractivity contribution in [2.45, 2.75) is 63.8 Å². The van der Waals surface area contributed by atoms with E-state index in [9.17, 15) is 14.4 Å². The Labute approximate surface area is 184 Å². The lowest BCUT2D eigenvalue weighted by molar-refractivity contribution is -0.153. The number of nitrogens with one attached hydrogen (secondary N) is 2. The number of carbonyl (C=O) groups is 1. The largest absolute Gasteiger partial charge is 0.371 e. The number of hydrogen-bond acceptors (Lipinski definition) is 8. The van der Waals surface area contributed by atoms with Gasteiger partial charge in [-0.25, -0.2) is 14.8 Å². The Morgan fingerprint density at radius 2 is 1.94 bits per heavy atom. The molecule has 1 amide bonds. The standard InChI is InChI=1S/C21H27N5O6/c1-11(2)18-22-7-12(8-23-18)19(28)24-9-14-17-16(31-21(3,4)32-17)13(10-30-14)26-6-5-15(27)25-20(26)29/h5-8,11,13-14,16-17H,9-10H2,1-4H3,(H,24,28)(H,25,27,29)/t13-,14-,16+,17-/m1/s1. The maximum absolute atomic E-state index is 12.6. The van der Waals surface area contributed by atoms with Crippen LogP contribution in [0, 0.1) is 0 Å². The van der Waals surface area contributed by atoms with Gasteiger partial charge >= 0.3 is 5.69 Å². The number of hydrogen-bond donors (Lipinski definition) is 2. The summed E-state index contributed by atoms with van der Waals surface area (Å²) in [6, 6.07) is 0.783. The minimum atomic E-state index is -0.893. The van der Waals surface area contributed by atoms with Gasteiger partial charge in [0.25, 0.3) is 11.5 Å². The van der Waals surface area contributed by atoms with Crippen LogP contribution in [0.25, 0.3) is 0 Å². The fraction of sp³-hybridized carbons (Fsp3) is 0.571. The predicted molar refractivity (Wildman–Crippen MR) is 112 cm³/mol. The van der Waals surface area contributed by atoms with Crippen LogP contribution in [0.5, 0.6) is 0 Å². The lowest BCUT2D eigenvalue weighted by Crippen LogP contribution is -2.54. The van der Waals surface area contributed by atoms with Crippen LogP contribution in [0.4, 0.5) is 0 Å². The second-order valence-electron chi connectivity index (χ2n) is 8.72. The molecule has 4 rings (SSSR count). The molecule has 32 heavy (non-hydrogen) atoms. The molecule has 0 aromatic carbocycles. The first-order valence-corrected chi connectivity index (χ1v) is 10.5. The van der Waals surface area contributed by atoms with E-state index in [-0.39, 0.29) is 25.0 Å². The van der Waals surface area contributed by atoms with Crippen molar-refractivity contribution in [2.24, 2.45) is 0 Å². The fourth-order valence-electron chi connectivity index (χ4n) is 3.97. The normalized spacial score (nSPS) is 26.7. The molecule has 11 heteroatoms. The molecule has 0 spiro atoms. The van der Waals surface area contributed by atoms with Crippen LogP contribution in [0.2, 0.25) is 0 Å². The van der Waals surface area contributed by atoms with Crippen LogP contribution >= 0.6 is 0 Å². The van der Waals surface area contributed by atoms with Gasteiger partial charge in [-0.2, -0.15) is 0 Å². The quantitative estimate of drug-likeness (QED) is 0.672. The SMILES string of the molecule is CC(C)c1ncc(C(=O)NC[C@H]2OC[C@@H](n3ccc(=O)[nH]c3=O)[C@@H]3OC(C)(C)O[C@@H]32)cn1. The summed E-state index contributed by atoms with van der Waals surface area (Å²) < 4.78 is 19.5. The monoisotopic (exact) mass is 445 g/mol. The van der Waals surface area contributed by atoms with Gasteiger partial charge in [-0.1, -0.05) is 13.8 Å². The van der Waals surface area contributed by atoms with E-state index < -0.39 is 41.4 Å². The Balaban J connectivity index is 1.47.